The second kappa shape index (κ2) is 6.90. The van der Waals surface area contributed by atoms with Crippen molar-refractivity contribution in [2.45, 2.75) is 6.42 Å². The Morgan fingerprint density at radius 2 is 1.93 bits per heavy atom. The maximum absolute atomic E-state index is 12.5. The summed E-state index contributed by atoms with van der Waals surface area (Å²) >= 11 is 1.61. The molecule has 5 rings (SSSR count). The minimum Gasteiger partial charge on any atom is -0.326 e. The molecule has 28 heavy (non-hydrogen) atoms. The number of carbonyl (C=O) groups excluding carboxylic acids is 1. The van der Waals surface area contributed by atoms with Gasteiger partial charge in [-0.25, -0.2) is 4.98 Å². The highest BCUT2D eigenvalue weighted by Gasteiger charge is 2.09. The van der Waals surface area contributed by atoms with Crippen LogP contribution in [-0.4, -0.2) is 20.3 Å². The number of amides is 1. The first-order valence-corrected chi connectivity index (χ1v) is 9.79. The Balaban J connectivity index is 1.31. The molecule has 5 nitrogen and oxygen atoms in total. The molecular formula is C22H16N4OS. The number of rotatable bonds is 4. The van der Waals surface area contributed by atoms with E-state index < -0.39 is 0 Å². The Hall–Kier alpha value is -3.51. The van der Waals surface area contributed by atoms with Crippen LogP contribution in [-0.2, 0) is 11.2 Å². The third-order valence-corrected chi connectivity index (χ3v) is 5.40. The number of para-hydroxylation sites is 1. The van der Waals surface area contributed by atoms with Gasteiger partial charge in [-0.2, -0.15) is 0 Å². The molecule has 5 aromatic rings. The molecule has 0 aliphatic rings. The van der Waals surface area contributed by atoms with E-state index in [4.69, 9.17) is 0 Å². The molecule has 0 aliphatic heterocycles. The van der Waals surface area contributed by atoms with Crippen molar-refractivity contribution < 1.29 is 4.79 Å². The van der Waals surface area contributed by atoms with Gasteiger partial charge in [0.15, 0.2) is 4.96 Å². The van der Waals surface area contributed by atoms with Crippen LogP contribution in [0.25, 0.3) is 27.1 Å². The lowest BCUT2D eigenvalue weighted by molar-refractivity contribution is -0.115. The van der Waals surface area contributed by atoms with Gasteiger partial charge < -0.3 is 5.32 Å². The smallest absolute Gasteiger partial charge is 0.228 e. The Bertz CT molecular complexity index is 1250. The van der Waals surface area contributed by atoms with Gasteiger partial charge in [-0.3, -0.25) is 14.2 Å². The van der Waals surface area contributed by atoms with Gasteiger partial charge in [-0.1, -0.05) is 36.4 Å². The molecule has 1 N–H and O–H groups in total. The molecule has 6 heteroatoms. The van der Waals surface area contributed by atoms with E-state index in [1.165, 1.54) is 0 Å². The molecule has 3 aromatic heterocycles. The van der Waals surface area contributed by atoms with E-state index in [1.54, 1.807) is 17.5 Å². The minimum atomic E-state index is -0.0617. The zero-order chi connectivity index (χ0) is 18.9. The number of carbonyl (C=O) groups is 1. The summed E-state index contributed by atoms with van der Waals surface area (Å²) in [5.74, 6) is -0.0617. The van der Waals surface area contributed by atoms with Gasteiger partial charge >= 0.3 is 0 Å². The summed E-state index contributed by atoms with van der Waals surface area (Å²) in [5, 5.41) is 6.01. The highest BCUT2D eigenvalue weighted by atomic mass is 32.1. The van der Waals surface area contributed by atoms with Crippen molar-refractivity contribution in [3.63, 3.8) is 0 Å². The number of hydrogen-bond donors (Lipinski definition) is 1. The first-order chi connectivity index (χ1) is 13.8. The monoisotopic (exact) mass is 384 g/mol. The summed E-state index contributed by atoms with van der Waals surface area (Å²) in [6, 6.07) is 17.6. The van der Waals surface area contributed by atoms with E-state index in [9.17, 15) is 4.79 Å². The summed E-state index contributed by atoms with van der Waals surface area (Å²) in [5.41, 5.74) is 4.50. The molecule has 0 saturated carbocycles. The zero-order valence-corrected chi connectivity index (χ0v) is 15.7. The van der Waals surface area contributed by atoms with E-state index >= 15 is 0 Å². The zero-order valence-electron chi connectivity index (χ0n) is 14.9. The lowest BCUT2D eigenvalue weighted by Crippen LogP contribution is -2.14. The molecule has 3 heterocycles. The number of benzene rings is 2. The number of aromatic nitrogens is 3. The molecule has 2 aromatic carbocycles. The predicted molar refractivity (Wildman–Crippen MR) is 113 cm³/mol. The van der Waals surface area contributed by atoms with Crippen LogP contribution in [0.5, 0.6) is 0 Å². The van der Waals surface area contributed by atoms with Gasteiger partial charge in [0.2, 0.25) is 5.91 Å². The Morgan fingerprint density at radius 3 is 2.79 bits per heavy atom. The van der Waals surface area contributed by atoms with Crippen molar-refractivity contribution in [1.29, 1.82) is 0 Å². The standard InChI is InChI=1S/C22H16N4OS/c27-20(13-17-4-1-3-16-5-2-10-23-21(16)17)24-18-8-6-15(7-9-18)19-14-26-11-12-28-22(26)25-19/h1-12,14H,13H2,(H,24,27). The quantitative estimate of drug-likeness (QED) is 0.485. The second-order valence-corrected chi connectivity index (χ2v) is 7.39. The average molecular weight is 384 g/mol. The van der Waals surface area contributed by atoms with E-state index in [0.29, 0.717) is 0 Å². The highest BCUT2D eigenvalue weighted by Crippen LogP contribution is 2.23. The molecule has 0 bridgehead atoms. The minimum absolute atomic E-state index is 0.0617. The third-order valence-electron chi connectivity index (χ3n) is 4.62. The van der Waals surface area contributed by atoms with Gasteiger partial charge in [0, 0.05) is 40.6 Å². The van der Waals surface area contributed by atoms with E-state index in [2.05, 4.69) is 15.3 Å². The lowest BCUT2D eigenvalue weighted by atomic mass is 10.1. The molecular weight excluding hydrogens is 368 g/mol. The number of thiazole rings is 1. The molecule has 136 valence electrons. The SMILES string of the molecule is O=C(Cc1cccc2cccnc12)Nc1ccc(-c2cn3ccsc3n2)cc1. The van der Waals surface area contributed by atoms with Crippen LogP contribution in [0.3, 0.4) is 0 Å². The molecule has 0 aliphatic carbocycles. The number of fused-ring (bicyclic) bond motifs is 2. The molecule has 0 saturated heterocycles. The maximum atomic E-state index is 12.5. The van der Waals surface area contributed by atoms with Gasteiger partial charge in [0.1, 0.15) is 0 Å². The van der Waals surface area contributed by atoms with Gasteiger partial charge in [-0.15, -0.1) is 11.3 Å². The molecule has 0 spiro atoms. The first-order valence-electron chi connectivity index (χ1n) is 8.91. The molecule has 0 atom stereocenters. The van der Waals surface area contributed by atoms with Crippen LogP contribution in [0.2, 0.25) is 0 Å². The fraction of sp³-hybridized carbons (Fsp3) is 0.0455. The van der Waals surface area contributed by atoms with E-state index in [-0.39, 0.29) is 12.3 Å². The molecule has 1 amide bonds. The second-order valence-electron chi connectivity index (χ2n) is 6.51. The molecule has 0 unspecified atom stereocenters. The number of hydrogen-bond acceptors (Lipinski definition) is 4. The fourth-order valence-electron chi connectivity index (χ4n) is 3.28. The van der Waals surface area contributed by atoms with Crippen molar-refractivity contribution in [1.82, 2.24) is 14.4 Å². The normalized spacial score (nSPS) is 11.1. The highest BCUT2D eigenvalue weighted by molar-refractivity contribution is 7.15. The van der Waals surface area contributed by atoms with Crippen LogP contribution in [0, 0.1) is 0 Å². The summed E-state index contributed by atoms with van der Waals surface area (Å²) in [7, 11) is 0. The Labute approximate surface area is 165 Å². The number of nitrogens with zero attached hydrogens (tertiary/aromatic N) is 3. The van der Waals surface area contributed by atoms with Crippen molar-refractivity contribution in [3.05, 3.63) is 84.1 Å². The number of nitrogens with one attached hydrogen (secondary N) is 1. The largest absolute Gasteiger partial charge is 0.326 e. The summed E-state index contributed by atoms with van der Waals surface area (Å²) in [6.45, 7) is 0. The average Bonchev–Trinajstić information content (AvgIpc) is 3.31. The molecule has 0 radical (unpaired) electrons. The van der Waals surface area contributed by atoms with Crippen molar-refractivity contribution in [3.8, 4) is 11.3 Å². The number of anilines is 1. The third kappa shape index (κ3) is 3.14. The van der Waals surface area contributed by atoms with Crippen molar-refractivity contribution >= 4 is 38.8 Å². The van der Waals surface area contributed by atoms with Crippen LogP contribution < -0.4 is 5.32 Å². The van der Waals surface area contributed by atoms with Crippen molar-refractivity contribution in [2.24, 2.45) is 0 Å². The predicted octanol–water partition coefficient (Wildman–Crippen LogP) is 4.79. The Morgan fingerprint density at radius 1 is 1.07 bits per heavy atom. The maximum Gasteiger partial charge on any atom is 0.228 e. The van der Waals surface area contributed by atoms with Gasteiger partial charge in [0.25, 0.3) is 0 Å². The lowest BCUT2D eigenvalue weighted by Gasteiger charge is -2.08. The topological polar surface area (TPSA) is 59.3 Å². The summed E-state index contributed by atoms with van der Waals surface area (Å²) < 4.78 is 2.01. The number of pyridine rings is 1. The van der Waals surface area contributed by atoms with Crippen LogP contribution in [0.1, 0.15) is 5.56 Å². The van der Waals surface area contributed by atoms with E-state index in [0.717, 1.165) is 38.4 Å². The van der Waals surface area contributed by atoms with Crippen LogP contribution in [0.15, 0.2) is 78.6 Å². The van der Waals surface area contributed by atoms with Gasteiger partial charge in [0.05, 0.1) is 17.6 Å². The fourth-order valence-corrected chi connectivity index (χ4v) is 3.98. The van der Waals surface area contributed by atoms with E-state index in [1.807, 2.05) is 76.8 Å². The number of imidazole rings is 1. The molecule has 0 fully saturated rings. The van der Waals surface area contributed by atoms with Gasteiger partial charge in [-0.05, 0) is 23.8 Å². The van der Waals surface area contributed by atoms with Crippen LogP contribution >= 0.6 is 11.3 Å². The van der Waals surface area contributed by atoms with Crippen LogP contribution in [0.4, 0.5) is 5.69 Å². The summed E-state index contributed by atoms with van der Waals surface area (Å²) in [4.78, 5) is 22.5. The van der Waals surface area contributed by atoms with Crippen molar-refractivity contribution in [2.75, 3.05) is 5.32 Å². The first kappa shape index (κ1) is 16.6. The summed E-state index contributed by atoms with van der Waals surface area (Å²) in [6.07, 6.45) is 6.04. The Kier molecular flexibility index (Phi) is 4.10.